The predicted molar refractivity (Wildman–Crippen MR) is 80.5 cm³/mol. The van der Waals surface area contributed by atoms with E-state index in [0.717, 1.165) is 31.1 Å². The zero-order chi connectivity index (χ0) is 14.5. The first kappa shape index (κ1) is 15.5. The van der Waals surface area contributed by atoms with E-state index in [2.05, 4.69) is 54.3 Å². The van der Waals surface area contributed by atoms with E-state index in [4.69, 9.17) is 4.52 Å². The summed E-state index contributed by atoms with van der Waals surface area (Å²) in [7, 11) is 4.37. The molecule has 2 heterocycles. The number of nitrogens with one attached hydrogen (secondary N) is 1. The summed E-state index contributed by atoms with van der Waals surface area (Å²) in [5, 5.41) is 7.46. The van der Waals surface area contributed by atoms with Crippen LogP contribution >= 0.6 is 0 Å². The zero-order valence-corrected chi connectivity index (χ0v) is 13.2. The molecule has 1 aliphatic rings. The summed E-state index contributed by atoms with van der Waals surface area (Å²) in [4.78, 5) is 4.78. The molecule has 1 aromatic rings. The second kappa shape index (κ2) is 7.20. The van der Waals surface area contributed by atoms with Crippen molar-refractivity contribution in [2.45, 2.75) is 51.9 Å². The highest BCUT2D eigenvalue weighted by Gasteiger charge is 2.22. The number of likely N-dealkylation sites (tertiary alicyclic amines) is 1. The van der Waals surface area contributed by atoms with Gasteiger partial charge in [-0.3, -0.25) is 4.90 Å². The predicted octanol–water partition coefficient (Wildman–Crippen LogP) is 1.70. The molecule has 0 radical (unpaired) electrons. The van der Waals surface area contributed by atoms with Crippen molar-refractivity contribution in [1.82, 2.24) is 20.3 Å². The lowest BCUT2D eigenvalue weighted by Gasteiger charge is -2.24. The molecule has 0 aliphatic carbocycles. The molecule has 1 aromatic heterocycles. The van der Waals surface area contributed by atoms with Crippen LogP contribution in [0.4, 0.5) is 0 Å². The first-order chi connectivity index (χ1) is 9.54. The Morgan fingerprint density at radius 3 is 3.00 bits per heavy atom. The fourth-order valence-electron chi connectivity index (χ4n) is 2.72. The lowest BCUT2D eigenvalue weighted by molar-refractivity contribution is 0.200. The Morgan fingerprint density at radius 2 is 2.35 bits per heavy atom. The van der Waals surface area contributed by atoms with Crippen LogP contribution in [0.1, 0.15) is 38.1 Å². The molecule has 1 aliphatic heterocycles. The number of likely N-dealkylation sites (N-methyl/N-ethyl adjacent to an activating group) is 2. The fourth-order valence-corrected chi connectivity index (χ4v) is 2.72. The normalized spacial score (nSPS) is 20.4. The largest absolute Gasteiger partial charge is 0.360 e. The second-order valence-electron chi connectivity index (χ2n) is 6.29. The average molecular weight is 280 g/mol. The molecular weight excluding hydrogens is 252 g/mol. The Labute approximate surface area is 122 Å². The summed E-state index contributed by atoms with van der Waals surface area (Å²) in [5.74, 6) is 0.953. The van der Waals surface area contributed by atoms with Crippen LogP contribution < -0.4 is 5.32 Å². The Morgan fingerprint density at radius 1 is 1.55 bits per heavy atom. The summed E-state index contributed by atoms with van der Waals surface area (Å²) in [5.41, 5.74) is 0.986. The molecule has 0 aromatic carbocycles. The van der Waals surface area contributed by atoms with Crippen LogP contribution in [0, 0.1) is 0 Å². The Kier molecular flexibility index (Phi) is 5.57. The van der Waals surface area contributed by atoms with E-state index >= 15 is 0 Å². The molecule has 2 rings (SSSR count). The van der Waals surface area contributed by atoms with E-state index in [0.29, 0.717) is 12.1 Å². The molecule has 5 nitrogen and oxygen atoms in total. The molecule has 5 heteroatoms. The van der Waals surface area contributed by atoms with Crippen molar-refractivity contribution in [3.8, 4) is 0 Å². The third kappa shape index (κ3) is 4.58. The van der Waals surface area contributed by atoms with Crippen LogP contribution in [0.25, 0.3) is 0 Å². The van der Waals surface area contributed by atoms with Gasteiger partial charge in [0.05, 0.1) is 12.2 Å². The minimum atomic E-state index is 0.468. The molecule has 1 saturated heterocycles. The molecular formula is C15H28N4O. The van der Waals surface area contributed by atoms with Gasteiger partial charge in [-0.15, -0.1) is 0 Å². The molecule has 1 unspecified atom stereocenters. The number of aromatic nitrogens is 1. The van der Waals surface area contributed by atoms with E-state index in [1.165, 1.54) is 19.4 Å². The van der Waals surface area contributed by atoms with Gasteiger partial charge in [0.15, 0.2) is 5.76 Å². The molecule has 1 N–H and O–H groups in total. The molecule has 0 spiro atoms. The quantitative estimate of drug-likeness (QED) is 0.823. The standard InChI is InChI=1S/C15H28N4O/c1-12(2)16-9-13-8-15(20-17-13)11-18(3)10-14-6-5-7-19(14)4/h8,12,14,16H,5-7,9-11H2,1-4H3. The Hall–Kier alpha value is -0.910. The number of rotatable bonds is 7. The molecule has 20 heavy (non-hydrogen) atoms. The average Bonchev–Trinajstić information content (AvgIpc) is 2.97. The first-order valence-corrected chi connectivity index (χ1v) is 7.61. The van der Waals surface area contributed by atoms with Gasteiger partial charge in [0.25, 0.3) is 0 Å². The Balaban J connectivity index is 1.77. The van der Waals surface area contributed by atoms with Gasteiger partial charge >= 0.3 is 0 Å². The summed E-state index contributed by atoms with van der Waals surface area (Å²) in [6.45, 7) is 8.19. The van der Waals surface area contributed by atoms with Gasteiger partial charge in [0, 0.05) is 31.2 Å². The summed E-state index contributed by atoms with van der Waals surface area (Å²) >= 11 is 0. The van der Waals surface area contributed by atoms with E-state index in [-0.39, 0.29) is 0 Å². The fraction of sp³-hybridized carbons (Fsp3) is 0.800. The third-order valence-corrected chi connectivity index (χ3v) is 3.92. The number of hydrogen-bond acceptors (Lipinski definition) is 5. The lowest BCUT2D eigenvalue weighted by atomic mass is 10.2. The molecule has 1 fully saturated rings. The third-order valence-electron chi connectivity index (χ3n) is 3.92. The topological polar surface area (TPSA) is 44.5 Å². The maximum absolute atomic E-state index is 5.41. The van der Waals surface area contributed by atoms with Crippen LogP contribution in [-0.2, 0) is 13.1 Å². The van der Waals surface area contributed by atoms with E-state index < -0.39 is 0 Å². The highest BCUT2D eigenvalue weighted by molar-refractivity contribution is 5.05. The lowest BCUT2D eigenvalue weighted by Crippen LogP contribution is -2.36. The molecule has 0 bridgehead atoms. The van der Waals surface area contributed by atoms with Gasteiger partial charge in [-0.1, -0.05) is 19.0 Å². The first-order valence-electron chi connectivity index (χ1n) is 7.61. The molecule has 0 saturated carbocycles. The number of nitrogens with zero attached hydrogens (tertiary/aromatic N) is 3. The van der Waals surface area contributed by atoms with Crippen LogP contribution in [0.3, 0.4) is 0 Å². The number of hydrogen-bond donors (Lipinski definition) is 1. The minimum absolute atomic E-state index is 0.468. The van der Waals surface area contributed by atoms with Crippen LogP contribution in [0.5, 0.6) is 0 Å². The molecule has 1 atom stereocenters. The highest BCUT2D eigenvalue weighted by atomic mass is 16.5. The summed E-state index contributed by atoms with van der Waals surface area (Å²) in [6.07, 6.45) is 2.63. The van der Waals surface area contributed by atoms with Crippen molar-refractivity contribution in [2.24, 2.45) is 0 Å². The van der Waals surface area contributed by atoms with Gasteiger partial charge in [0.2, 0.25) is 0 Å². The van der Waals surface area contributed by atoms with Crippen LogP contribution in [-0.4, -0.2) is 54.2 Å². The van der Waals surface area contributed by atoms with Crippen molar-refractivity contribution in [3.05, 3.63) is 17.5 Å². The Bertz CT molecular complexity index is 404. The van der Waals surface area contributed by atoms with Gasteiger partial charge < -0.3 is 14.7 Å². The van der Waals surface area contributed by atoms with E-state index in [9.17, 15) is 0 Å². The SMILES string of the molecule is CC(C)NCc1cc(CN(C)CC2CCCN2C)on1. The van der Waals surface area contributed by atoms with Gasteiger partial charge in [-0.05, 0) is 33.5 Å². The van der Waals surface area contributed by atoms with E-state index in [1.54, 1.807) is 0 Å². The van der Waals surface area contributed by atoms with Crippen LogP contribution in [0.15, 0.2) is 10.6 Å². The van der Waals surface area contributed by atoms with Crippen molar-refractivity contribution in [2.75, 3.05) is 27.2 Å². The maximum atomic E-state index is 5.41. The molecule has 114 valence electrons. The maximum Gasteiger partial charge on any atom is 0.151 e. The zero-order valence-electron chi connectivity index (χ0n) is 13.2. The van der Waals surface area contributed by atoms with E-state index in [1.807, 2.05) is 0 Å². The monoisotopic (exact) mass is 280 g/mol. The van der Waals surface area contributed by atoms with Crippen molar-refractivity contribution < 1.29 is 4.52 Å². The van der Waals surface area contributed by atoms with Gasteiger partial charge in [-0.2, -0.15) is 0 Å². The summed E-state index contributed by atoms with van der Waals surface area (Å²) < 4.78 is 5.41. The minimum Gasteiger partial charge on any atom is -0.360 e. The highest BCUT2D eigenvalue weighted by Crippen LogP contribution is 2.16. The van der Waals surface area contributed by atoms with Crippen molar-refractivity contribution in [1.29, 1.82) is 0 Å². The smallest absolute Gasteiger partial charge is 0.151 e. The van der Waals surface area contributed by atoms with Crippen molar-refractivity contribution in [3.63, 3.8) is 0 Å². The van der Waals surface area contributed by atoms with Crippen molar-refractivity contribution >= 4 is 0 Å². The molecule has 0 amide bonds. The van der Waals surface area contributed by atoms with Gasteiger partial charge in [0.1, 0.15) is 0 Å². The summed E-state index contributed by atoms with van der Waals surface area (Å²) in [6, 6.07) is 3.21. The van der Waals surface area contributed by atoms with Gasteiger partial charge in [-0.25, -0.2) is 0 Å². The van der Waals surface area contributed by atoms with Crippen LogP contribution in [0.2, 0.25) is 0 Å². The second-order valence-corrected chi connectivity index (χ2v) is 6.29.